The topological polar surface area (TPSA) is 40.5 Å². The van der Waals surface area contributed by atoms with Crippen molar-refractivity contribution in [2.45, 2.75) is 32.6 Å². The number of hydrogen-bond donors (Lipinski definition) is 1. The Morgan fingerprint density at radius 2 is 2.06 bits per heavy atom. The molecule has 0 unspecified atom stereocenters. The lowest BCUT2D eigenvalue weighted by atomic mass is 9.75. The van der Waals surface area contributed by atoms with Gasteiger partial charge >= 0.3 is 5.97 Å². The van der Waals surface area contributed by atoms with Crippen molar-refractivity contribution in [3.63, 3.8) is 0 Å². The summed E-state index contributed by atoms with van der Waals surface area (Å²) in [5.41, 5.74) is -0.501. The number of carboxylic acid groups (broad SMARTS) is 1. The van der Waals surface area contributed by atoms with Crippen LogP contribution in [0.1, 0.15) is 32.6 Å². The summed E-state index contributed by atoms with van der Waals surface area (Å²) < 4.78 is 0. The fraction of sp³-hybridized carbons (Fsp3) is 0.750. The van der Waals surface area contributed by atoms with E-state index < -0.39 is 11.4 Å². The second-order valence-electron chi connectivity index (χ2n) is 4.63. The minimum Gasteiger partial charge on any atom is -0.481 e. The third kappa shape index (κ3) is 3.22. The average Bonchev–Trinajstić information content (AvgIpc) is 2.20. The molecular weight excluding hydrogens is 226 g/mol. The Hall–Kier alpha value is -0.540. The molecule has 1 N–H and O–H groups in total. The molecule has 0 spiro atoms. The highest BCUT2D eigenvalue weighted by molar-refractivity contribution is 6.29. The Morgan fingerprint density at radius 1 is 1.50 bits per heavy atom. The molecule has 3 nitrogen and oxygen atoms in total. The quantitative estimate of drug-likeness (QED) is 0.810. The van der Waals surface area contributed by atoms with E-state index in [1.165, 1.54) is 0 Å². The van der Waals surface area contributed by atoms with Gasteiger partial charge in [0, 0.05) is 11.6 Å². The summed E-state index contributed by atoms with van der Waals surface area (Å²) in [5, 5.41) is 9.95. The van der Waals surface area contributed by atoms with Crippen LogP contribution in [0.15, 0.2) is 11.6 Å². The monoisotopic (exact) mass is 245 g/mol. The van der Waals surface area contributed by atoms with Crippen LogP contribution >= 0.6 is 11.6 Å². The first-order chi connectivity index (χ1) is 7.50. The number of halogens is 1. The van der Waals surface area contributed by atoms with E-state index in [9.17, 15) is 9.90 Å². The van der Waals surface area contributed by atoms with Crippen LogP contribution in [0.25, 0.3) is 0 Å². The van der Waals surface area contributed by atoms with Gasteiger partial charge in [-0.15, -0.1) is 0 Å². The Bertz CT molecular complexity index is 270. The van der Waals surface area contributed by atoms with Crippen molar-refractivity contribution in [3.8, 4) is 0 Å². The van der Waals surface area contributed by atoms with Gasteiger partial charge in [-0.3, -0.25) is 9.69 Å². The SMILES string of the molecule is C=C(Cl)CN1CCC(CCC)(C(=O)O)CC1. The lowest BCUT2D eigenvalue weighted by molar-refractivity contribution is -0.152. The normalized spacial score (nSPS) is 20.6. The minimum atomic E-state index is -0.640. The molecule has 1 heterocycles. The number of carbonyl (C=O) groups is 1. The van der Waals surface area contributed by atoms with E-state index in [1.54, 1.807) is 0 Å². The van der Waals surface area contributed by atoms with Gasteiger partial charge < -0.3 is 5.11 Å². The molecule has 0 aromatic rings. The zero-order chi connectivity index (χ0) is 12.2. The summed E-state index contributed by atoms with van der Waals surface area (Å²) in [7, 11) is 0. The second-order valence-corrected chi connectivity index (χ2v) is 5.16. The van der Waals surface area contributed by atoms with Crippen LogP contribution in [-0.2, 0) is 4.79 Å². The van der Waals surface area contributed by atoms with Gasteiger partial charge in [0.05, 0.1) is 5.41 Å². The standard InChI is InChI=1S/C12H20ClNO2/c1-3-4-12(11(15)16)5-7-14(8-6-12)9-10(2)13/h2-9H2,1H3,(H,15,16). The predicted molar refractivity (Wildman–Crippen MR) is 65.6 cm³/mol. The molecule has 0 radical (unpaired) electrons. The van der Waals surface area contributed by atoms with E-state index in [-0.39, 0.29) is 0 Å². The molecular formula is C12H20ClNO2. The highest BCUT2D eigenvalue weighted by Gasteiger charge is 2.40. The maximum absolute atomic E-state index is 11.3. The first-order valence-electron chi connectivity index (χ1n) is 5.79. The Kier molecular flexibility index (Phi) is 4.81. The second kappa shape index (κ2) is 5.69. The molecule has 0 aliphatic carbocycles. The zero-order valence-corrected chi connectivity index (χ0v) is 10.6. The van der Waals surface area contributed by atoms with Gasteiger partial charge in [0.25, 0.3) is 0 Å². The van der Waals surface area contributed by atoms with E-state index in [0.29, 0.717) is 11.6 Å². The fourth-order valence-electron chi connectivity index (χ4n) is 2.43. The van der Waals surface area contributed by atoms with Gasteiger partial charge in [-0.2, -0.15) is 0 Å². The number of aliphatic carboxylic acids is 1. The van der Waals surface area contributed by atoms with Crippen molar-refractivity contribution in [1.29, 1.82) is 0 Å². The largest absolute Gasteiger partial charge is 0.481 e. The lowest BCUT2D eigenvalue weighted by Gasteiger charge is -2.38. The predicted octanol–water partition coefficient (Wildman–Crippen LogP) is 2.71. The molecule has 0 aromatic heterocycles. The van der Waals surface area contributed by atoms with Crippen molar-refractivity contribution in [3.05, 3.63) is 11.6 Å². The van der Waals surface area contributed by atoms with Gasteiger partial charge in [-0.25, -0.2) is 0 Å². The smallest absolute Gasteiger partial charge is 0.309 e. The fourth-order valence-corrected chi connectivity index (χ4v) is 2.60. The van der Waals surface area contributed by atoms with Crippen LogP contribution in [0.5, 0.6) is 0 Å². The lowest BCUT2D eigenvalue weighted by Crippen LogP contribution is -2.44. The molecule has 0 amide bonds. The highest BCUT2D eigenvalue weighted by atomic mass is 35.5. The maximum atomic E-state index is 11.3. The molecule has 1 saturated heterocycles. The molecule has 0 atom stereocenters. The third-order valence-corrected chi connectivity index (χ3v) is 3.51. The van der Waals surface area contributed by atoms with E-state index in [1.807, 2.05) is 6.92 Å². The van der Waals surface area contributed by atoms with Crippen LogP contribution in [0.4, 0.5) is 0 Å². The molecule has 1 aliphatic rings. The number of piperidine rings is 1. The minimum absolute atomic E-state index is 0.501. The highest BCUT2D eigenvalue weighted by Crippen LogP contribution is 2.36. The number of carboxylic acids is 1. The molecule has 1 aliphatic heterocycles. The van der Waals surface area contributed by atoms with Crippen LogP contribution in [0, 0.1) is 5.41 Å². The van der Waals surface area contributed by atoms with Crippen molar-refractivity contribution < 1.29 is 9.90 Å². The summed E-state index contributed by atoms with van der Waals surface area (Å²) in [6.45, 7) is 7.98. The van der Waals surface area contributed by atoms with Crippen molar-refractivity contribution >= 4 is 17.6 Å². The zero-order valence-electron chi connectivity index (χ0n) is 9.84. The van der Waals surface area contributed by atoms with Crippen molar-refractivity contribution in [1.82, 2.24) is 4.90 Å². The number of nitrogens with zero attached hydrogens (tertiary/aromatic N) is 1. The molecule has 4 heteroatoms. The Morgan fingerprint density at radius 3 is 2.44 bits per heavy atom. The van der Waals surface area contributed by atoms with Gasteiger partial charge in [-0.05, 0) is 32.4 Å². The maximum Gasteiger partial charge on any atom is 0.309 e. The Balaban J connectivity index is 2.56. The van der Waals surface area contributed by atoms with Gasteiger partial charge in [0.2, 0.25) is 0 Å². The number of likely N-dealkylation sites (tertiary alicyclic amines) is 1. The van der Waals surface area contributed by atoms with Gasteiger partial charge in [0.1, 0.15) is 0 Å². The van der Waals surface area contributed by atoms with Gasteiger partial charge in [-0.1, -0.05) is 31.5 Å². The van der Waals surface area contributed by atoms with Gasteiger partial charge in [0.15, 0.2) is 0 Å². The van der Waals surface area contributed by atoms with E-state index >= 15 is 0 Å². The summed E-state index contributed by atoms with van der Waals surface area (Å²) in [4.78, 5) is 13.5. The number of hydrogen-bond acceptors (Lipinski definition) is 2. The third-order valence-electron chi connectivity index (χ3n) is 3.39. The molecule has 1 fully saturated rings. The Labute approximate surface area is 102 Å². The molecule has 92 valence electrons. The first kappa shape index (κ1) is 13.5. The van der Waals surface area contributed by atoms with Crippen LogP contribution < -0.4 is 0 Å². The van der Waals surface area contributed by atoms with E-state index in [2.05, 4.69) is 11.5 Å². The first-order valence-corrected chi connectivity index (χ1v) is 6.17. The molecule has 0 aromatic carbocycles. The summed E-state index contributed by atoms with van der Waals surface area (Å²) in [5.74, 6) is -0.640. The summed E-state index contributed by atoms with van der Waals surface area (Å²) in [6.07, 6.45) is 3.15. The molecule has 16 heavy (non-hydrogen) atoms. The van der Waals surface area contributed by atoms with Crippen LogP contribution in [0.3, 0.4) is 0 Å². The number of rotatable bonds is 5. The summed E-state index contributed by atoms with van der Waals surface area (Å²) in [6, 6.07) is 0. The van der Waals surface area contributed by atoms with Crippen molar-refractivity contribution in [2.24, 2.45) is 5.41 Å². The summed E-state index contributed by atoms with van der Waals surface area (Å²) >= 11 is 5.75. The van der Waals surface area contributed by atoms with E-state index in [4.69, 9.17) is 11.6 Å². The van der Waals surface area contributed by atoms with E-state index in [0.717, 1.165) is 38.8 Å². The molecule has 0 bridgehead atoms. The van der Waals surface area contributed by atoms with Crippen molar-refractivity contribution in [2.75, 3.05) is 19.6 Å². The van der Waals surface area contributed by atoms with Crippen LogP contribution in [-0.4, -0.2) is 35.6 Å². The molecule has 0 saturated carbocycles. The van der Waals surface area contributed by atoms with Crippen LogP contribution in [0.2, 0.25) is 0 Å². The molecule has 1 rings (SSSR count). The average molecular weight is 246 g/mol.